The highest BCUT2D eigenvalue weighted by Gasteiger charge is 2.06. The second-order valence-electron chi connectivity index (χ2n) is 3.82. The highest BCUT2D eigenvalue weighted by molar-refractivity contribution is 5.89. The molecule has 1 aromatic carbocycles. The zero-order valence-electron chi connectivity index (χ0n) is 10.1. The lowest BCUT2D eigenvalue weighted by molar-refractivity contribution is 0.0498. The summed E-state index contributed by atoms with van der Waals surface area (Å²) in [6.45, 7) is 2.08. The van der Waals surface area contributed by atoms with E-state index < -0.39 is 0 Å². The summed E-state index contributed by atoms with van der Waals surface area (Å²) < 4.78 is 10.3. The van der Waals surface area contributed by atoms with Crippen LogP contribution in [-0.4, -0.2) is 22.8 Å². The number of benzene rings is 1. The van der Waals surface area contributed by atoms with Crippen LogP contribution in [0.15, 0.2) is 34.7 Å². The van der Waals surface area contributed by atoms with Crippen molar-refractivity contribution in [3.05, 3.63) is 47.7 Å². The molecule has 0 unspecified atom stereocenters. The SMILES string of the molecule is Cc1nnc(CCCOC(=O)c2ccccc2)o1. The second kappa shape index (κ2) is 5.95. The maximum Gasteiger partial charge on any atom is 0.338 e. The van der Waals surface area contributed by atoms with E-state index in [0.717, 1.165) is 0 Å². The van der Waals surface area contributed by atoms with Crippen LogP contribution in [0, 0.1) is 6.92 Å². The van der Waals surface area contributed by atoms with E-state index in [0.29, 0.717) is 36.8 Å². The average molecular weight is 246 g/mol. The lowest BCUT2D eigenvalue weighted by Crippen LogP contribution is -2.06. The Balaban J connectivity index is 1.71. The van der Waals surface area contributed by atoms with Crippen LogP contribution in [0.1, 0.15) is 28.6 Å². The number of rotatable bonds is 5. The first-order chi connectivity index (χ1) is 8.75. The fourth-order valence-corrected chi connectivity index (χ4v) is 1.48. The first-order valence-electron chi connectivity index (χ1n) is 5.77. The Morgan fingerprint density at radius 2 is 2.06 bits per heavy atom. The van der Waals surface area contributed by atoms with E-state index >= 15 is 0 Å². The molecule has 0 atom stereocenters. The molecule has 5 heteroatoms. The van der Waals surface area contributed by atoms with Gasteiger partial charge in [0.15, 0.2) is 0 Å². The van der Waals surface area contributed by atoms with Crippen molar-refractivity contribution in [2.24, 2.45) is 0 Å². The zero-order valence-corrected chi connectivity index (χ0v) is 10.1. The smallest absolute Gasteiger partial charge is 0.338 e. The minimum absolute atomic E-state index is 0.308. The van der Waals surface area contributed by atoms with Crippen LogP contribution in [-0.2, 0) is 11.2 Å². The lowest BCUT2D eigenvalue weighted by Gasteiger charge is -2.03. The van der Waals surface area contributed by atoms with Crippen LogP contribution in [0.4, 0.5) is 0 Å². The molecule has 0 aliphatic carbocycles. The summed E-state index contributed by atoms with van der Waals surface area (Å²) >= 11 is 0. The minimum Gasteiger partial charge on any atom is -0.462 e. The number of ether oxygens (including phenoxy) is 1. The maximum atomic E-state index is 11.6. The molecule has 18 heavy (non-hydrogen) atoms. The molecule has 0 saturated carbocycles. The molecule has 0 spiro atoms. The molecular weight excluding hydrogens is 232 g/mol. The molecule has 0 aliphatic rings. The van der Waals surface area contributed by atoms with Crippen molar-refractivity contribution in [3.8, 4) is 0 Å². The third-order valence-electron chi connectivity index (χ3n) is 2.35. The van der Waals surface area contributed by atoms with E-state index in [2.05, 4.69) is 10.2 Å². The van der Waals surface area contributed by atoms with Gasteiger partial charge in [0.2, 0.25) is 11.8 Å². The fourth-order valence-electron chi connectivity index (χ4n) is 1.48. The molecule has 0 aliphatic heterocycles. The van der Waals surface area contributed by atoms with Crippen molar-refractivity contribution in [2.75, 3.05) is 6.61 Å². The summed E-state index contributed by atoms with van der Waals surface area (Å²) in [6.07, 6.45) is 1.28. The molecule has 0 bridgehead atoms. The third kappa shape index (κ3) is 3.41. The highest BCUT2D eigenvalue weighted by Crippen LogP contribution is 2.04. The van der Waals surface area contributed by atoms with Crippen LogP contribution in [0.3, 0.4) is 0 Å². The zero-order chi connectivity index (χ0) is 12.8. The molecule has 0 amide bonds. The molecule has 0 fully saturated rings. The van der Waals surface area contributed by atoms with Gasteiger partial charge in [-0.3, -0.25) is 0 Å². The van der Waals surface area contributed by atoms with E-state index in [9.17, 15) is 4.79 Å². The van der Waals surface area contributed by atoms with Crippen molar-refractivity contribution in [1.82, 2.24) is 10.2 Å². The van der Waals surface area contributed by atoms with Crippen LogP contribution in [0.2, 0.25) is 0 Å². The van der Waals surface area contributed by atoms with E-state index in [-0.39, 0.29) is 5.97 Å². The Kier molecular flexibility index (Phi) is 4.06. The van der Waals surface area contributed by atoms with Crippen LogP contribution >= 0.6 is 0 Å². The number of carbonyl (C=O) groups is 1. The normalized spacial score (nSPS) is 10.3. The monoisotopic (exact) mass is 246 g/mol. The van der Waals surface area contributed by atoms with Gasteiger partial charge in [0, 0.05) is 13.3 Å². The molecule has 0 saturated heterocycles. The molecule has 1 heterocycles. The molecule has 0 N–H and O–H groups in total. The predicted octanol–water partition coefficient (Wildman–Crippen LogP) is 2.17. The number of esters is 1. The summed E-state index contributed by atoms with van der Waals surface area (Å²) in [7, 11) is 0. The second-order valence-corrected chi connectivity index (χ2v) is 3.82. The van der Waals surface area contributed by atoms with Crippen molar-refractivity contribution >= 4 is 5.97 Å². The largest absolute Gasteiger partial charge is 0.462 e. The number of nitrogens with zero attached hydrogens (tertiary/aromatic N) is 2. The number of hydrogen-bond donors (Lipinski definition) is 0. The number of aromatic nitrogens is 2. The van der Waals surface area contributed by atoms with Gasteiger partial charge in [0.1, 0.15) is 0 Å². The van der Waals surface area contributed by atoms with Gasteiger partial charge >= 0.3 is 5.97 Å². The fraction of sp³-hybridized carbons (Fsp3) is 0.308. The molecule has 2 aromatic rings. The summed E-state index contributed by atoms with van der Waals surface area (Å²) in [5.74, 6) is 0.812. The van der Waals surface area contributed by atoms with Gasteiger partial charge in [0.25, 0.3) is 0 Å². The Morgan fingerprint density at radius 3 is 2.72 bits per heavy atom. The van der Waals surface area contributed by atoms with Crippen molar-refractivity contribution in [2.45, 2.75) is 19.8 Å². The van der Waals surface area contributed by atoms with Crippen molar-refractivity contribution in [1.29, 1.82) is 0 Å². The number of hydrogen-bond acceptors (Lipinski definition) is 5. The van der Waals surface area contributed by atoms with E-state index in [1.165, 1.54) is 0 Å². The van der Waals surface area contributed by atoms with Gasteiger partial charge in [-0.15, -0.1) is 10.2 Å². The van der Waals surface area contributed by atoms with Gasteiger partial charge in [-0.1, -0.05) is 18.2 Å². The predicted molar refractivity (Wildman–Crippen MR) is 64.1 cm³/mol. The average Bonchev–Trinajstić information content (AvgIpc) is 2.81. The summed E-state index contributed by atoms with van der Waals surface area (Å²) in [5, 5.41) is 7.59. The quantitative estimate of drug-likeness (QED) is 0.597. The van der Waals surface area contributed by atoms with Gasteiger partial charge in [-0.2, -0.15) is 0 Å². The Labute approximate surface area is 105 Å². The summed E-state index contributed by atoms with van der Waals surface area (Å²) in [6, 6.07) is 8.91. The maximum absolute atomic E-state index is 11.6. The van der Waals surface area contributed by atoms with Gasteiger partial charge < -0.3 is 9.15 Å². The highest BCUT2D eigenvalue weighted by atomic mass is 16.5. The summed E-state index contributed by atoms with van der Waals surface area (Å²) in [4.78, 5) is 11.6. The minimum atomic E-state index is -0.308. The van der Waals surface area contributed by atoms with Crippen molar-refractivity contribution < 1.29 is 13.9 Å². The Bertz CT molecular complexity index is 508. The Hall–Kier alpha value is -2.17. The van der Waals surface area contributed by atoms with E-state index in [4.69, 9.17) is 9.15 Å². The van der Waals surface area contributed by atoms with Crippen molar-refractivity contribution in [3.63, 3.8) is 0 Å². The molecule has 1 aromatic heterocycles. The molecule has 94 valence electrons. The molecular formula is C13H14N2O3. The van der Waals surface area contributed by atoms with Crippen LogP contribution in [0.25, 0.3) is 0 Å². The third-order valence-corrected chi connectivity index (χ3v) is 2.35. The molecule has 2 rings (SSSR count). The number of aryl methyl sites for hydroxylation is 2. The topological polar surface area (TPSA) is 65.2 Å². The van der Waals surface area contributed by atoms with E-state index in [1.807, 2.05) is 6.07 Å². The Morgan fingerprint density at radius 1 is 1.28 bits per heavy atom. The first kappa shape index (κ1) is 12.3. The summed E-state index contributed by atoms with van der Waals surface area (Å²) in [5.41, 5.74) is 0.561. The van der Waals surface area contributed by atoms with Crippen LogP contribution < -0.4 is 0 Å². The lowest BCUT2D eigenvalue weighted by atomic mass is 10.2. The van der Waals surface area contributed by atoms with Gasteiger partial charge in [-0.05, 0) is 18.6 Å². The van der Waals surface area contributed by atoms with Gasteiger partial charge in [-0.25, -0.2) is 4.79 Å². The van der Waals surface area contributed by atoms with E-state index in [1.54, 1.807) is 31.2 Å². The van der Waals surface area contributed by atoms with Crippen LogP contribution in [0.5, 0.6) is 0 Å². The molecule has 5 nitrogen and oxygen atoms in total. The molecule has 0 radical (unpaired) electrons. The standard InChI is InChI=1S/C13H14N2O3/c1-10-14-15-12(18-10)8-5-9-17-13(16)11-6-3-2-4-7-11/h2-4,6-7H,5,8-9H2,1H3. The number of carbonyl (C=O) groups excluding carboxylic acids is 1. The first-order valence-corrected chi connectivity index (χ1v) is 5.77. The van der Waals surface area contributed by atoms with Gasteiger partial charge in [0.05, 0.1) is 12.2 Å².